The summed E-state index contributed by atoms with van der Waals surface area (Å²) in [7, 11) is 0. The summed E-state index contributed by atoms with van der Waals surface area (Å²) >= 11 is 5.74. The number of halogens is 2. The Kier molecular flexibility index (Phi) is 8.60. The minimum Gasteiger partial charge on any atom is -0.371 e. The molecule has 1 aromatic rings. The number of hydrogen-bond acceptors (Lipinski definition) is 2. The molecule has 1 rings (SSSR count). The topological polar surface area (TPSA) is 29.5 Å². The number of rotatable bonds is 8. The van der Waals surface area contributed by atoms with Crippen molar-refractivity contribution in [2.75, 3.05) is 13.1 Å². The zero-order chi connectivity index (χ0) is 19.0. The second-order valence-electron chi connectivity index (χ2n) is 7.02. The van der Waals surface area contributed by atoms with Gasteiger partial charge < -0.3 is 9.64 Å². The number of hydrogen-bond donors (Lipinski definition) is 0. The van der Waals surface area contributed by atoms with Crippen LogP contribution in [0.2, 0.25) is 5.02 Å². The van der Waals surface area contributed by atoms with Gasteiger partial charge in [0.1, 0.15) is 5.82 Å². The van der Waals surface area contributed by atoms with Crippen molar-refractivity contribution < 1.29 is 13.9 Å². The van der Waals surface area contributed by atoms with Crippen LogP contribution >= 0.6 is 11.6 Å². The molecule has 3 nitrogen and oxygen atoms in total. The van der Waals surface area contributed by atoms with Crippen molar-refractivity contribution in [1.82, 2.24) is 4.90 Å². The lowest BCUT2D eigenvalue weighted by Crippen LogP contribution is -2.40. The summed E-state index contributed by atoms with van der Waals surface area (Å²) in [5.41, 5.74) is 0.0785. The van der Waals surface area contributed by atoms with Gasteiger partial charge in [0, 0.05) is 29.8 Å². The monoisotopic (exact) mass is 369 g/mol. The summed E-state index contributed by atoms with van der Waals surface area (Å²) in [6, 6.07) is 4.39. The minimum atomic E-state index is -0.445. The van der Waals surface area contributed by atoms with Gasteiger partial charge in [-0.3, -0.25) is 4.79 Å². The number of carbonyl (C=O) groups excluding carboxylic acids is 1. The molecule has 1 atom stereocenters. The number of carbonyl (C=O) groups is 1. The second kappa shape index (κ2) is 9.93. The molecule has 0 N–H and O–H groups in total. The van der Waals surface area contributed by atoms with Gasteiger partial charge in [-0.25, -0.2) is 4.39 Å². The third-order valence-corrected chi connectivity index (χ3v) is 3.85. The third-order valence-electron chi connectivity index (χ3n) is 3.62. The van der Waals surface area contributed by atoms with E-state index < -0.39 is 5.82 Å². The number of likely N-dealkylation sites (N-methyl/N-ethyl adjacent to an activating group) is 1. The Bertz CT molecular complexity index is 596. The van der Waals surface area contributed by atoms with E-state index in [1.54, 1.807) is 17.0 Å². The molecule has 0 aliphatic heterocycles. The molecule has 0 aliphatic carbocycles. The van der Waals surface area contributed by atoms with Crippen LogP contribution in [0.25, 0.3) is 6.08 Å². The number of nitrogens with zero attached hydrogens (tertiary/aromatic N) is 1. The molecule has 0 bridgehead atoms. The van der Waals surface area contributed by atoms with Crippen molar-refractivity contribution in [2.24, 2.45) is 0 Å². The molecule has 140 valence electrons. The number of ether oxygens (including phenoxy) is 1. The number of benzene rings is 1. The highest BCUT2D eigenvalue weighted by Gasteiger charge is 2.21. The summed E-state index contributed by atoms with van der Waals surface area (Å²) in [6.45, 7) is 11.1. The van der Waals surface area contributed by atoms with Crippen molar-refractivity contribution in [3.63, 3.8) is 0 Å². The molecule has 1 unspecified atom stereocenters. The van der Waals surface area contributed by atoms with Gasteiger partial charge in [-0.1, -0.05) is 31.0 Å². The maximum absolute atomic E-state index is 13.8. The Hall–Kier alpha value is -1.39. The van der Waals surface area contributed by atoms with E-state index in [-0.39, 0.29) is 17.6 Å². The quantitative estimate of drug-likeness (QED) is 0.580. The fourth-order valence-corrected chi connectivity index (χ4v) is 2.69. The predicted molar refractivity (Wildman–Crippen MR) is 102 cm³/mol. The Morgan fingerprint density at radius 2 is 2.04 bits per heavy atom. The average molecular weight is 370 g/mol. The van der Waals surface area contributed by atoms with Crippen LogP contribution in [-0.4, -0.2) is 35.6 Å². The van der Waals surface area contributed by atoms with Crippen LogP contribution in [0.3, 0.4) is 0 Å². The Balaban J connectivity index is 2.79. The molecule has 25 heavy (non-hydrogen) atoms. The zero-order valence-corrected chi connectivity index (χ0v) is 16.6. The van der Waals surface area contributed by atoms with E-state index in [4.69, 9.17) is 16.3 Å². The van der Waals surface area contributed by atoms with Gasteiger partial charge in [0.2, 0.25) is 5.91 Å². The average Bonchev–Trinajstić information content (AvgIpc) is 2.50. The maximum atomic E-state index is 13.8. The van der Waals surface area contributed by atoms with Crippen LogP contribution in [0.5, 0.6) is 0 Å². The lowest BCUT2D eigenvalue weighted by Gasteiger charge is -2.31. The first-order valence-electron chi connectivity index (χ1n) is 8.76. The molecule has 0 aromatic heterocycles. The molecule has 0 fully saturated rings. The third kappa shape index (κ3) is 8.02. The summed E-state index contributed by atoms with van der Waals surface area (Å²) in [4.78, 5) is 14.2. The molecule has 0 saturated carbocycles. The second-order valence-corrected chi connectivity index (χ2v) is 7.45. The van der Waals surface area contributed by atoms with E-state index in [2.05, 4.69) is 6.92 Å². The van der Waals surface area contributed by atoms with Gasteiger partial charge >= 0.3 is 0 Å². The van der Waals surface area contributed by atoms with Crippen LogP contribution in [-0.2, 0) is 9.53 Å². The fraction of sp³-hybridized carbons (Fsp3) is 0.550. The van der Waals surface area contributed by atoms with E-state index >= 15 is 0 Å². The van der Waals surface area contributed by atoms with Crippen molar-refractivity contribution in [2.45, 2.75) is 59.2 Å². The van der Waals surface area contributed by atoms with Gasteiger partial charge in [0.15, 0.2) is 0 Å². The van der Waals surface area contributed by atoms with Crippen LogP contribution < -0.4 is 0 Å². The van der Waals surface area contributed by atoms with Crippen molar-refractivity contribution >= 4 is 23.6 Å². The lowest BCUT2D eigenvalue weighted by molar-refractivity contribution is -0.131. The molecule has 0 heterocycles. The molecule has 0 aliphatic rings. The van der Waals surface area contributed by atoms with Crippen molar-refractivity contribution in [1.29, 1.82) is 0 Å². The molecular formula is C20H29ClFNO2. The van der Waals surface area contributed by atoms with Crippen LogP contribution in [0, 0.1) is 5.82 Å². The van der Waals surface area contributed by atoms with Crippen molar-refractivity contribution in [3.05, 3.63) is 40.7 Å². The van der Waals surface area contributed by atoms with E-state index in [0.717, 1.165) is 12.8 Å². The number of amides is 1. The van der Waals surface area contributed by atoms with Gasteiger partial charge in [-0.05, 0) is 52.3 Å². The fourth-order valence-electron chi connectivity index (χ4n) is 2.53. The Labute approximate surface area is 155 Å². The van der Waals surface area contributed by atoms with E-state index in [1.807, 2.05) is 27.7 Å². The highest BCUT2D eigenvalue weighted by molar-refractivity contribution is 6.30. The van der Waals surface area contributed by atoms with Gasteiger partial charge in [0.05, 0.1) is 11.7 Å². The summed E-state index contributed by atoms with van der Waals surface area (Å²) in [5.74, 6) is -0.602. The zero-order valence-electron chi connectivity index (χ0n) is 15.8. The highest BCUT2D eigenvalue weighted by Crippen LogP contribution is 2.17. The van der Waals surface area contributed by atoms with Crippen LogP contribution in [0.1, 0.15) is 53.0 Å². The van der Waals surface area contributed by atoms with Gasteiger partial charge in [0.25, 0.3) is 0 Å². The van der Waals surface area contributed by atoms with Crippen LogP contribution in [0.4, 0.5) is 4.39 Å². The molecule has 5 heteroatoms. The summed E-state index contributed by atoms with van der Waals surface area (Å²) in [5, 5.41) is 0.331. The first-order chi connectivity index (χ1) is 11.7. The highest BCUT2D eigenvalue weighted by atomic mass is 35.5. The smallest absolute Gasteiger partial charge is 0.246 e. The first-order valence-corrected chi connectivity index (χ1v) is 9.14. The predicted octanol–water partition coefficient (Wildman–Crippen LogP) is 5.32. The minimum absolute atomic E-state index is 0.0189. The SMILES string of the molecule is CCCC(CN(CC)C(=O)/C=C/c1ccc(Cl)cc1F)OC(C)(C)C. The molecule has 0 saturated heterocycles. The summed E-state index contributed by atoms with van der Waals surface area (Å²) in [6.07, 6.45) is 4.73. The molecule has 0 spiro atoms. The van der Waals surface area contributed by atoms with E-state index in [1.165, 1.54) is 18.2 Å². The molecule has 1 aromatic carbocycles. The van der Waals surface area contributed by atoms with E-state index in [9.17, 15) is 9.18 Å². The maximum Gasteiger partial charge on any atom is 0.246 e. The molecule has 0 radical (unpaired) electrons. The lowest BCUT2D eigenvalue weighted by atomic mass is 10.1. The van der Waals surface area contributed by atoms with Gasteiger partial charge in [-0.15, -0.1) is 0 Å². The van der Waals surface area contributed by atoms with Crippen LogP contribution in [0.15, 0.2) is 24.3 Å². The normalized spacial score (nSPS) is 13.2. The van der Waals surface area contributed by atoms with Gasteiger partial charge in [-0.2, -0.15) is 0 Å². The largest absolute Gasteiger partial charge is 0.371 e. The first kappa shape index (κ1) is 21.7. The Morgan fingerprint density at radius 1 is 1.36 bits per heavy atom. The summed E-state index contributed by atoms with van der Waals surface area (Å²) < 4.78 is 19.9. The van der Waals surface area contributed by atoms with E-state index in [0.29, 0.717) is 23.7 Å². The Morgan fingerprint density at radius 3 is 2.56 bits per heavy atom. The standard InChI is InChI=1S/C20H29ClFNO2/c1-6-8-17(25-20(3,4)5)14-23(7-2)19(24)12-10-15-9-11-16(21)13-18(15)22/h9-13,17H,6-8,14H2,1-5H3/b12-10+. The van der Waals surface area contributed by atoms with Crippen molar-refractivity contribution in [3.8, 4) is 0 Å². The molecular weight excluding hydrogens is 341 g/mol. The molecule has 1 amide bonds.